The monoisotopic (exact) mass is 968 g/mol. The highest BCUT2D eigenvalue weighted by Gasteiger charge is 2.70. The molecule has 19 heteroatoms. The van der Waals surface area contributed by atoms with Crippen molar-refractivity contribution in [3.8, 4) is 0 Å². The molecule has 8 aliphatic rings. The molecule has 3 saturated heterocycles. The van der Waals surface area contributed by atoms with Gasteiger partial charge in [-0.25, -0.2) is 4.79 Å². The van der Waals surface area contributed by atoms with Gasteiger partial charge in [-0.15, -0.1) is 0 Å². The summed E-state index contributed by atoms with van der Waals surface area (Å²) in [6, 6.07) is 0. The zero-order valence-electron chi connectivity index (χ0n) is 40.6. The van der Waals surface area contributed by atoms with E-state index in [0.29, 0.717) is 25.7 Å². The summed E-state index contributed by atoms with van der Waals surface area (Å²) < 4.78 is 40.9. The van der Waals surface area contributed by atoms with Crippen LogP contribution >= 0.6 is 0 Å². The lowest BCUT2D eigenvalue weighted by Crippen LogP contribution is -2.67. The van der Waals surface area contributed by atoms with Gasteiger partial charge in [-0.2, -0.15) is 0 Å². The topological polar surface area (TPSA) is 298 Å². The third-order valence-electron chi connectivity index (χ3n) is 19.2. The maximum absolute atomic E-state index is 14.7. The molecule has 0 spiro atoms. The molecular weight excluding hydrogens is 893 g/mol. The molecule has 386 valence electrons. The van der Waals surface area contributed by atoms with Gasteiger partial charge in [0.25, 0.3) is 0 Å². The summed E-state index contributed by atoms with van der Waals surface area (Å²) in [6.45, 7) is 15.9. The largest absolute Gasteiger partial charge is 0.479 e. The zero-order chi connectivity index (χ0) is 49.8. The first kappa shape index (κ1) is 52.0. The second kappa shape index (κ2) is 18.3. The fourth-order valence-electron chi connectivity index (χ4n) is 15.0. The first-order valence-corrected chi connectivity index (χ1v) is 24.6. The molecule has 4 saturated carbocycles. The molecule has 0 aromatic carbocycles. The Morgan fingerprint density at radius 3 is 2.04 bits per heavy atom. The Morgan fingerprint density at radius 1 is 0.706 bits per heavy atom. The molecule has 0 amide bonds. The molecule has 9 N–H and O–H groups in total. The number of rotatable bonds is 9. The number of carboxylic acid groups (broad SMARTS) is 1. The number of esters is 2. The summed E-state index contributed by atoms with van der Waals surface area (Å²) in [4.78, 5) is 39.9. The molecule has 19 nitrogen and oxygen atoms in total. The number of carbonyl (C=O) groups excluding carboxylic acids is 2. The molecule has 8 rings (SSSR count). The van der Waals surface area contributed by atoms with Gasteiger partial charge in [0.1, 0.15) is 54.9 Å². The van der Waals surface area contributed by atoms with Crippen molar-refractivity contribution in [1.29, 1.82) is 0 Å². The van der Waals surface area contributed by atoms with Crippen molar-refractivity contribution >= 4 is 17.9 Å². The van der Waals surface area contributed by atoms with Gasteiger partial charge in [-0.3, -0.25) is 9.59 Å². The van der Waals surface area contributed by atoms with E-state index in [1.54, 1.807) is 0 Å². The molecule has 0 unspecified atom stereocenters. The lowest BCUT2D eigenvalue weighted by Gasteiger charge is -2.71. The Labute approximate surface area is 397 Å². The number of aliphatic hydroxyl groups excluding tert-OH is 8. The molecule has 7 fully saturated rings. The van der Waals surface area contributed by atoms with Crippen LogP contribution in [0.2, 0.25) is 0 Å². The minimum absolute atomic E-state index is 0.0763. The maximum Gasteiger partial charge on any atom is 0.335 e. The lowest BCUT2D eigenvalue weighted by molar-refractivity contribution is -0.355. The number of allylic oxidation sites excluding steroid dienone is 2. The zero-order valence-corrected chi connectivity index (χ0v) is 40.6. The van der Waals surface area contributed by atoms with Gasteiger partial charge in [0.2, 0.25) is 6.29 Å². The van der Waals surface area contributed by atoms with E-state index in [2.05, 4.69) is 54.5 Å². The highest BCUT2D eigenvalue weighted by Crippen LogP contribution is 2.76. The van der Waals surface area contributed by atoms with Crippen LogP contribution in [0.5, 0.6) is 0 Å². The predicted octanol–water partition coefficient (Wildman–Crippen LogP) is 1.44. The third kappa shape index (κ3) is 8.28. The summed E-state index contributed by atoms with van der Waals surface area (Å²) in [6.07, 6.45) is -13.9. The molecule has 0 aromatic rings. The van der Waals surface area contributed by atoms with E-state index < -0.39 is 134 Å². The number of fused-ring (bicyclic) bond motifs is 7. The molecular formula is C49H76O19. The number of carboxylic acids is 1. The van der Waals surface area contributed by atoms with Crippen molar-refractivity contribution in [3.05, 3.63) is 11.6 Å². The number of hydrogen-bond acceptors (Lipinski definition) is 18. The Hall–Kier alpha value is -2.37. The van der Waals surface area contributed by atoms with E-state index in [-0.39, 0.29) is 39.4 Å². The van der Waals surface area contributed by atoms with Crippen molar-refractivity contribution in [3.63, 3.8) is 0 Å². The minimum atomic E-state index is -1.87. The summed E-state index contributed by atoms with van der Waals surface area (Å²) >= 11 is 0. The average molecular weight is 969 g/mol. The Morgan fingerprint density at radius 2 is 1.38 bits per heavy atom. The standard InChI is InChI=1S/C49H76O19/c1-22(51)63-36-35(58)42(67-38(39(59)60)37(36)66-40-33(56)30(53)25(52)21-62-40)65-29-12-13-46(6)27(45(29,4)5)11-14-48(8)28(46)10-9-23-24-19-44(2,3)15-17-49(24,18-16-47(23,48)7)43(61)68-41-34(57)32(55)31(54)26(20-50)64-41/h9,24-38,40-42,50,52-58H,10-21H2,1-8H3,(H,59,60)/t24-,25+,26+,27+,28-,29+,30-,31+,32-,33+,34+,35-,36-,37+,38+,40-,41-,42-,46+,47+,48+,49-/m1/s1. The SMILES string of the molecule is CC(=O)O[C@@H]1[C@@H](O)[C@H](O[C@H]2CC[C@]3(C)[C@H]4CC=C5[C@H]6CC(C)(C)CC[C@@]6(C(=O)O[C@H]6O[C@@H](CO)[C@H](O)[C@@H](O)[C@@H]6O)CC[C@]5(C)[C@@]4(C)CC[C@H]3C2(C)C)O[C@H](C(=O)O)[C@H]1O[C@H]1OC[C@H](O)[C@@H](O)[C@@H]1O. The van der Waals surface area contributed by atoms with Crippen molar-refractivity contribution in [2.45, 2.75) is 212 Å². The second-order valence-corrected chi connectivity index (χ2v) is 23.6. The van der Waals surface area contributed by atoms with Crippen molar-refractivity contribution in [2.75, 3.05) is 13.2 Å². The molecule has 0 aromatic heterocycles. The van der Waals surface area contributed by atoms with E-state index in [9.17, 15) is 60.3 Å². The van der Waals surface area contributed by atoms with Gasteiger partial charge in [-0.05, 0) is 109 Å². The van der Waals surface area contributed by atoms with E-state index in [4.69, 9.17) is 33.2 Å². The summed E-state index contributed by atoms with van der Waals surface area (Å²) in [5.41, 5.74) is -0.937. The molecule has 5 aliphatic carbocycles. The van der Waals surface area contributed by atoms with Gasteiger partial charge >= 0.3 is 17.9 Å². The number of ether oxygens (including phenoxy) is 7. The van der Waals surface area contributed by atoms with Gasteiger partial charge in [0, 0.05) is 6.92 Å². The van der Waals surface area contributed by atoms with Crippen LogP contribution in [0.3, 0.4) is 0 Å². The molecule has 68 heavy (non-hydrogen) atoms. The first-order valence-electron chi connectivity index (χ1n) is 24.6. The molecule has 3 aliphatic heterocycles. The smallest absolute Gasteiger partial charge is 0.335 e. The third-order valence-corrected chi connectivity index (χ3v) is 19.2. The van der Waals surface area contributed by atoms with E-state index in [1.165, 1.54) is 5.57 Å². The van der Waals surface area contributed by atoms with E-state index >= 15 is 0 Å². The normalized spacial score (nSPS) is 50.8. The van der Waals surface area contributed by atoms with E-state index in [0.717, 1.165) is 45.4 Å². The van der Waals surface area contributed by atoms with Gasteiger partial charge in [-0.1, -0.05) is 60.1 Å². The highest BCUT2D eigenvalue weighted by atomic mass is 16.8. The van der Waals surface area contributed by atoms with Gasteiger partial charge in [0.15, 0.2) is 24.8 Å². The number of hydrogen-bond donors (Lipinski definition) is 9. The minimum Gasteiger partial charge on any atom is -0.479 e. The van der Waals surface area contributed by atoms with Crippen molar-refractivity contribution in [2.24, 2.45) is 50.2 Å². The van der Waals surface area contributed by atoms with Crippen LogP contribution in [-0.2, 0) is 47.5 Å². The van der Waals surface area contributed by atoms with Crippen LogP contribution in [0.1, 0.15) is 120 Å². The Kier molecular flexibility index (Phi) is 14.0. The summed E-state index contributed by atoms with van der Waals surface area (Å²) in [5.74, 6) is -2.71. The fraction of sp³-hybridized carbons (Fsp3) is 0.898. The number of aliphatic carboxylic acids is 1. The predicted molar refractivity (Wildman–Crippen MR) is 234 cm³/mol. The number of carbonyl (C=O) groups is 3. The van der Waals surface area contributed by atoms with Gasteiger partial charge < -0.3 is 79.1 Å². The summed E-state index contributed by atoms with van der Waals surface area (Å²) in [5, 5.41) is 94.5. The van der Waals surface area contributed by atoms with Gasteiger partial charge in [0.05, 0.1) is 24.7 Å². The van der Waals surface area contributed by atoms with Crippen LogP contribution in [0.25, 0.3) is 0 Å². The first-order chi connectivity index (χ1) is 31.7. The average Bonchev–Trinajstić information content (AvgIpc) is 3.26. The molecule has 3 heterocycles. The van der Waals surface area contributed by atoms with Crippen LogP contribution < -0.4 is 0 Å². The van der Waals surface area contributed by atoms with Crippen LogP contribution in [0.4, 0.5) is 0 Å². The molecule has 0 radical (unpaired) electrons. The second-order valence-electron chi connectivity index (χ2n) is 23.6. The van der Waals surface area contributed by atoms with Crippen LogP contribution in [0.15, 0.2) is 11.6 Å². The van der Waals surface area contributed by atoms with Crippen molar-refractivity contribution in [1.82, 2.24) is 0 Å². The molecule has 22 atom stereocenters. The molecule has 0 bridgehead atoms. The Bertz CT molecular complexity index is 1940. The Balaban J connectivity index is 1.03. The highest BCUT2D eigenvalue weighted by molar-refractivity contribution is 5.79. The van der Waals surface area contributed by atoms with Crippen LogP contribution in [0, 0.1) is 50.2 Å². The summed E-state index contributed by atoms with van der Waals surface area (Å²) in [7, 11) is 0. The van der Waals surface area contributed by atoms with E-state index in [1.807, 2.05) is 0 Å². The fourth-order valence-corrected chi connectivity index (χ4v) is 15.0. The van der Waals surface area contributed by atoms with Crippen molar-refractivity contribution < 1.29 is 93.5 Å². The number of aliphatic hydroxyl groups is 8. The van der Waals surface area contributed by atoms with Crippen LogP contribution in [-0.4, -0.2) is 169 Å². The maximum atomic E-state index is 14.7. The quantitative estimate of drug-likeness (QED) is 0.0897. The lowest BCUT2D eigenvalue weighted by atomic mass is 9.33.